The van der Waals surface area contributed by atoms with E-state index < -0.39 is 19.8 Å². The lowest BCUT2D eigenvalue weighted by Crippen LogP contribution is -2.32. The molecule has 2 fully saturated rings. The standard InChI is InChI=1S/C15H20BClN4O4S/c1-15(2)24-9-8(5-22-26-6-16)23-13(10(9)25-15)21-4-3-7-11(17)19-14(18)20-12(7)21/h3-4,8-10,13H,5-6,16H2,1-2H3,(H2,18,19,20)/i16TD. The third kappa shape index (κ3) is 3.19. The third-order valence-electron chi connectivity index (χ3n) is 4.33. The number of hydrogen-bond donors (Lipinski definition) is 1. The van der Waals surface area contributed by atoms with Crippen molar-refractivity contribution in [1.82, 2.24) is 14.5 Å². The van der Waals surface area contributed by atoms with Crippen molar-refractivity contribution in [2.45, 2.75) is 44.2 Å². The van der Waals surface area contributed by atoms with Gasteiger partial charge < -0.3 is 28.7 Å². The molecule has 2 aromatic rings. The summed E-state index contributed by atoms with van der Waals surface area (Å²) < 4.78 is 40.1. The minimum Gasteiger partial charge on any atom is -0.368 e. The first kappa shape index (κ1) is 16.0. The molecule has 26 heavy (non-hydrogen) atoms. The summed E-state index contributed by atoms with van der Waals surface area (Å²) in [6.45, 7) is 3.95. The Hall–Kier alpha value is -1.04. The van der Waals surface area contributed by atoms with Crippen LogP contribution in [-0.2, 0) is 18.4 Å². The van der Waals surface area contributed by atoms with Crippen LogP contribution in [-0.4, -0.2) is 61.3 Å². The molecule has 0 aromatic carbocycles. The zero-order valence-corrected chi connectivity index (χ0v) is 15.9. The Morgan fingerprint density at radius 2 is 2.35 bits per heavy atom. The smallest absolute Gasteiger partial charge is 0.223 e. The number of anilines is 1. The van der Waals surface area contributed by atoms with Gasteiger partial charge in [0.15, 0.2) is 12.0 Å². The molecule has 2 N–H and O–H groups in total. The number of hydrogen-bond acceptors (Lipinski definition) is 8. The average molecular weight is 402 g/mol. The van der Waals surface area contributed by atoms with E-state index in [-0.39, 0.29) is 41.7 Å². The van der Waals surface area contributed by atoms with Gasteiger partial charge in [0.05, 0.1) is 12.0 Å². The summed E-state index contributed by atoms with van der Waals surface area (Å²) in [5.41, 5.74) is 6.57. The van der Waals surface area contributed by atoms with Crippen molar-refractivity contribution in [3.05, 3.63) is 17.4 Å². The molecule has 0 bridgehead atoms. The molecule has 4 atom stereocenters. The fourth-order valence-corrected chi connectivity index (χ4v) is 3.96. The fourth-order valence-electron chi connectivity index (χ4n) is 3.40. The van der Waals surface area contributed by atoms with Gasteiger partial charge in [0.25, 0.3) is 0 Å². The van der Waals surface area contributed by atoms with Gasteiger partial charge in [-0.25, -0.2) is 4.98 Å². The summed E-state index contributed by atoms with van der Waals surface area (Å²) in [4.78, 5) is 8.28. The van der Waals surface area contributed by atoms with Gasteiger partial charge in [-0.3, -0.25) is 0 Å². The van der Waals surface area contributed by atoms with Crippen molar-refractivity contribution >= 4 is 48.4 Å². The first-order valence-corrected chi connectivity index (χ1v) is 9.43. The first-order valence-electron chi connectivity index (χ1n) is 9.30. The summed E-state index contributed by atoms with van der Waals surface area (Å²) >= 11 is 7.26. The van der Waals surface area contributed by atoms with Crippen LogP contribution in [0.3, 0.4) is 0 Å². The molecule has 8 nitrogen and oxygen atoms in total. The number of fused-ring (bicyclic) bond motifs is 2. The molecule has 2 aliphatic heterocycles. The number of ether oxygens (including phenoxy) is 3. The Kier molecular flexibility index (Phi) is 4.20. The predicted octanol–water partition coefficient (Wildman–Crippen LogP) is 1.34. The van der Waals surface area contributed by atoms with E-state index in [2.05, 4.69) is 9.97 Å². The number of nitrogens with zero attached hydrogens (tertiary/aromatic N) is 3. The highest BCUT2D eigenvalue weighted by atomic mass is 35.5. The largest absolute Gasteiger partial charge is 0.368 e. The van der Waals surface area contributed by atoms with E-state index in [1.165, 1.54) is 0 Å². The van der Waals surface area contributed by atoms with Crippen molar-refractivity contribution < 1.29 is 18.4 Å². The van der Waals surface area contributed by atoms with E-state index in [9.17, 15) is 0 Å². The maximum atomic E-state index is 7.23. The lowest BCUT2D eigenvalue weighted by Gasteiger charge is -2.25. The van der Waals surface area contributed by atoms with Crippen LogP contribution in [0.25, 0.3) is 11.0 Å². The molecular weight excluding hydrogens is 379 g/mol. The zero-order valence-electron chi connectivity index (χ0n) is 16.3. The molecule has 140 valence electrons. The Morgan fingerprint density at radius 3 is 3.15 bits per heavy atom. The van der Waals surface area contributed by atoms with Gasteiger partial charge in [0, 0.05) is 6.20 Å². The quantitative estimate of drug-likeness (QED) is 0.335. The van der Waals surface area contributed by atoms with Crippen molar-refractivity contribution in [2.24, 2.45) is 0 Å². The lowest BCUT2D eigenvalue weighted by atomic mass is 10.1. The van der Waals surface area contributed by atoms with Crippen LogP contribution in [0, 0.1) is 0 Å². The van der Waals surface area contributed by atoms with Gasteiger partial charge in [0.1, 0.15) is 36.9 Å². The number of nitrogens with two attached hydrogens (primary N) is 1. The molecule has 0 saturated carbocycles. The molecule has 0 spiro atoms. The molecular formula is C15H20BClN4O4S. The molecule has 2 saturated heterocycles. The van der Waals surface area contributed by atoms with Crippen LogP contribution >= 0.6 is 23.6 Å². The minimum absolute atomic E-state index is 0.0764. The minimum atomic E-state index is -0.943. The van der Waals surface area contributed by atoms with E-state index in [1.807, 2.05) is 24.6 Å². The Bertz CT molecular complexity index is 876. The number of nitrogen functional groups attached to an aromatic ring is 1. The van der Waals surface area contributed by atoms with Gasteiger partial charge >= 0.3 is 0 Å². The highest BCUT2D eigenvalue weighted by Crippen LogP contribution is 2.44. The number of halogens is 1. The Morgan fingerprint density at radius 1 is 1.54 bits per heavy atom. The first-order chi connectivity index (χ1) is 13.2. The van der Waals surface area contributed by atoms with Crippen molar-refractivity contribution in [2.75, 3.05) is 18.0 Å². The van der Waals surface area contributed by atoms with Gasteiger partial charge in [-0.05, 0) is 40.3 Å². The maximum Gasteiger partial charge on any atom is 0.223 e. The second kappa shape index (κ2) is 6.85. The SMILES string of the molecule is [2H]B([3H])CSOCC1OC(n2ccc3c(Cl)nc(N)nc32)C2OC(C)(C)OC12. The molecule has 0 radical (unpaired) electrons. The van der Waals surface area contributed by atoms with Gasteiger partial charge in [0.2, 0.25) is 5.95 Å². The third-order valence-corrected chi connectivity index (χ3v) is 5.05. The molecule has 11 heteroatoms. The van der Waals surface area contributed by atoms with Crippen LogP contribution < -0.4 is 5.73 Å². The summed E-state index contributed by atoms with van der Waals surface area (Å²) in [6.07, 6.45) is 0.207. The summed E-state index contributed by atoms with van der Waals surface area (Å²) in [5.74, 6) is -0.683. The normalized spacial score (nSPS) is 31.0. The second-order valence-corrected chi connectivity index (χ2v) is 7.69. The van der Waals surface area contributed by atoms with E-state index >= 15 is 0 Å². The summed E-state index contributed by atoms with van der Waals surface area (Å²) in [5, 5.41) is 0.942. The van der Waals surface area contributed by atoms with Gasteiger partial charge in [-0.15, -0.1) is 0 Å². The molecule has 2 aliphatic rings. The average Bonchev–Trinajstić information content (AvgIpc) is 3.23. The van der Waals surface area contributed by atoms with E-state index in [0.29, 0.717) is 11.0 Å². The maximum absolute atomic E-state index is 7.23. The van der Waals surface area contributed by atoms with Crippen LogP contribution in [0.5, 0.6) is 0 Å². The van der Waals surface area contributed by atoms with E-state index in [1.54, 1.807) is 6.07 Å². The summed E-state index contributed by atoms with van der Waals surface area (Å²) in [6, 6.07) is 1.80. The second-order valence-electron chi connectivity index (χ2n) is 6.53. The molecule has 2 aromatic heterocycles. The molecule has 4 rings (SSSR count). The summed E-state index contributed by atoms with van der Waals surface area (Å²) in [7, 11) is -0.943. The topological polar surface area (TPSA) is 93.7 Å². The van der Waals surface area contributed by atoms with Crippen LogP contribution in [0.4, 0.5) is 5.95 Å². The van der Waals surface area contributed by atoms with Crippen LogP contribution in [0.2, 0.25) is 5.15 Å². The zero-order chi connectivity index (χ0) is 20.1. The van der Waals surface area contributed by atoms with Crippen LogP contribution in [0.1, 0.15) is 20.1 Å². The van der Waals surface area contributed by atoms with E-state index in [0.717, 1.165) is 12.0 Å². The number of aromatic nitrogens is 3. The highest BCUT2D eigenvalue weighted by Gasteiger charge is 2.56. The Balaban J connectivity index is 1.59. The molecule has 0 amide bonds. The Labute approximate surface area is 164 Å². The molecule has 4 heterocycles. The van der Waals surface area contributed by atoms with E-state index in [4.69, 9.17) is 38.4 Å². The molecule has 0 aliphatic carbocycles. The molecule has 4 unspecified atom stereocenters. The van der Waals surface area contributed by atoms with Gasteiger partial charge in [-0.1, -0.05) is 11.6 Å². The monoisotopic (exact) mass is 401 g/mol. The van der Waals surface area contributed by atoms with Crippen molar-refractivity contribution in [3.8, 4) is 0 Å². The predicted molar refractivity (Wildman–Crippen MR) is 102 cm³/mol. The highest BCUT2D eigenvalue weighted by molar-refractivity contribution is 7.95. The fraction of sp³-hybridized carbons (Fsp3) is 0.600. The van der Waals surface area contributed by atoms with Gasteiger partial charge in [-0.2, -0.15) is 4.98 Å². The number of rotatable bonds is 6. The lowest BCUT2D eigenvalue weighted by molar-refractivity contribution is -0.198. The van der Waals surface area contributed by atoms with Crippen molar-refractivity contribution in [1.29, 1.82) is 2.67 Å². The van der Waals surface area contributed by atoms with Crippen LogP contribution in [0.15, 0.2) is 12.3 Å². The van der Waals surface area contributed by atoms with Crippen molar-refractivity contribution in [3.63, 3.8) is 0 Å².